The van der Waals surface area contributed by atoms with Gasteiger partial charge in [-0.05, 0) is 18.8 Å². The highest BCUT2D eigenvalue weighted by atomic mass is 15.3. The number of hydrogen-bond acceptors (Lipinski definition) is 3. The van der Waals surface area contributed by atoms with E-state index in [1.54, 1.807) is 0 Å². The molecule has 0 amide bonds. The van der Waals surface area contributed by atoms with Gasteiger partial charge in [-0.2, -0.15) is 0 Å². The maximum absolute atomic E-state index is 4.66. The minimum Gasteiger partial charge on any atom is -0.342 e. The number of nitrogens with zero attached hydrogens (tertiary/aromatic N) is 3. The number of aromatic nitrogens is 2. The Hall–Kier alpha value is -1.29. The molecule has 92 valence electrons. The Balaban J connectivity index is 1.82. The summed E-state index contributed by atoms with van der Waals surface area (Å²) in [6.07, 6.45) is 4.05. The van der Waals surface area contributed by atoms with Crippen molar-refractivity contribution in [3.63, 3.8) is 0 Å². The van der Waals surface area contributed by atoms with Gasteiger partial charge in [0.2, 0.25) is 5.95 Å². The fourth-order valence-corrected chi connectivity index (χ4v) is 3.08. The average molecular weight is 232 g/mol. The Kier molecular flexibility index (Phi) is 2.67. The topological polar surface area (TPSA) is 33.1 Å². The summed E-state index contributed by atoms with van der Waals surface area (Å²) >= 11 is 0. The van der Waals surface area contributed by atoms with Crippen LogP contribution < -0.4 is 10.2 Å². The first-order chi connectivity index (χ1) is 8.28. The Morgan fingerprint density at radius 1 is 1.47 bits per heavy atom. The average Bonchev–Trinajstić information content (AvgIpc) is 2.91. The minimum absolute atomic E-state index is 0.809. The zero-order chi connectivity index (χ0) is 11.8. The fourth-order valence-electron chi connectivity index (χ4n) is 3.08. The zero-order valence-electron chi connectivity index (χ0n) is 10.4. The Labute approximate surface area is 102 Å². The number of imidazole rings is 1. The number of fused-ring (bicyclic) bond motifs is 1. The van der Waals surface area contributed by atoms with Crippen LogP contribution in [0, 0.1) is 18.8 Å². The Morgan fingerprint density at radius 3 is 2.82 bits per heavy atom. The quantitative estimate of drug-likeness (QED) is 0.790. The summed E-state index contributed by atoms with van der Waals surface area (Å²) in [4.78, 5) is 7.10. The molecule has 2 fully saturated rings. The van der Waals surface area contributed by atoms with Crippen molar-refractivity contribution in [3.8, 4) is 0 Å². The van der Waals surface area contributed by atoms with E-state index in [9.17, 15) is 0 Å². The number of rotatable bonds is 3. The molecular weight excluding hydrogens is 212 g/mol. The van der Waals surface area contributed by atoms with E-state index in [-0.39, 0.29) is 0 Å². The van der Waals surface area contributed by atoms with Crippen molar-refractivity contribution < 1.29 is 0 Å². The van der Waals surface area contributed by atoms with E-state index in [1.165, 1.54) is 13.1 Å². The molecule has 0 bridgehead atoms. The molecule has 0 aromatic carbocycles. The molecule has 1 N–H and O–H groups in total. The summed E-state index contributed by atoms with van der Waals surface area (Å²) in [6, 6.07) is 0. The standard InChI is InChI=1S/C13H20N4/c1-3-4-16-7-10(2)15-13(16)17-8-11-5-14-6-12(11)9-17/h3,7,11-12,14H,1,4-6,8-9H2,2H3/t11-,12+. The summed E-state index contributed by atoms with van der Waals surface area (Å²) in [7, 11) is 0. The first-order valence-corrected chi connectivity index (χ1v) is 6.38. The van der Waals surface area contributed by atoms with E-state index >= 15 is 0 Å². The number of allylic oxidation sites excluding steroid dienone is 1. The second kappa shape index (κ2) is 4.18. The Bertz CT molecular complexity index is 411. The minimum atomic E-state index is 0.809. The highest BCUT2D eigenvalue weighted by Gasteiger charge is 2.37. The molecule has 2 aliphatic rings. The molecule has 1 aromatic heterocycles. The fraction of sp³-hybridized carbons (Fsp3) is 0.615. The molecule has 0 unspecified atom stereocenters. The molecule has 0 aliphatic carbocycles. The van der Waals surface area contributed by atoms with Gasteiger partial charge in [0.25, 0.3) is 0 Å². The maximum Gasteiger partial charge on any atom is 0.206 e. The van der Waals surface area contributed by atoms with Crippen molar-refractivity contribution >= 4 is 5.95 Å². The molecule has 3 heterocycles. The lowest BCUT2D eigenvalue weighted by atomic mass is 10.0. The molecule has 4 heteroatoms. The monoisotopic (exact) mass is 232 g/mol. The van der Waals surface area contributed by atoms with Gasteiger partial charge < -0.3 is 14.8 Å². The van der Waals surface area contributed by atoms with Gasteiger partial charge in [0, 0.05) is 38.9 Å². The van der Waals surface area contributed by atoms with Gasteiger partial charge in [-0.15, -0.1) is 6.58 Å². The Morgan fingerprint density at radius 2 is 2.18 bits per heavy atom. The van der Waals surface area contributed by atoms with Gasteiger partial charge >= 0.3 is 0 Å². The van der Waals surface area contributed by atoms with Crippen LogP contribution in [0.15, 0.2) is 18.9 Å². The third-order valence-electron chi connectivity index (χ3n) is 3.87. The third kappa shape index (κ3) is 1.86. The van der Waals surface area contributed by atoms with Gasteiger partial charge in [-0.3, -0.25) is 0 Å². The highest BCUT2D eigenvalue weighted by molar-refractivity contribution is 5.36. The van der Waals surface area contributed by atoms with Crippen LogP contribution in [0.5, 0.6) is 0 Å². The van der Waals surface area contributed by atoms with Crippen LogP contribution in [0.25, 0.3) is 0 Å². The van der Waals surface area contributed by atoms with E-state index in [0.29, 0.717) is 0 Å². The zero-order valence-corrected chi connectivity index (χ0v) is 10.4. The molecule has 0 radical (unpaired) electrons. The van der Waals surface area contributed by atoms with Crippen LogP contribution in [-0.4, -0.2) is 35.7 Å². The van der Waals surface area contributed by atoms with Crippen LogP contribution >= 0.6 is 0 Å². The lowest BCUT2D eigenvalue weighted by Gasteiger charge is -2.19. The maximum atomic E-state index is 4.66. The smallest absolute Gasteiger partial charge is 0.206 e. The van der Waals surface area contributed by atoms with Crippen molar-refractivity contribution in [2.75, 3.05) is 31.1 Å². The predicted molar refractivity (Wildman–Crippen MR) is 69.2 cm³/mol. The molecule has 4 nitrogen and oxygen atoms in total. The van der Waals surface area contributed by atoms with Gasteiger partial charge in [-0.1, -0.05) is 6.08 Å². The summed E-state index contributed by atoms with van der Waals surface area (Å²) < 4.78 is 2.21. The van der Waals surface area contributed by atoms with Crippen molar-refractivity contribution in [1.29, 1.82) is 0 Å². The SMILES string of the molecule is C=CCn1cc(C)nc1N1C[C@H]2CNC[C@H]2C1. The molecule has 3 rings (SSSR count). The van der Waals surface area contributed by atoms with E-state index in [4.69, 9.17) is 0 Å². The highest BCUT2D eigenvalue weighted by Crippen LogP contribution is 2.30. The van der Waals surface area contributed by atoms with Gasteiger partial charge in [0.05, 0.1) is 5.69 Å². The van der Waals surface area contributed by atoms with E-state index < -0.39 is 0 Å². The molecule has 0 spiro atoms. The molecule has 0 saturated carbocycles. The predicted octanol–water partition coefficient (Wildman–Crippen LogP) is 1.03. The third-order valence-corrected chi connectivity index (χ3v) is 3.87. The summed E-state index contributed by atoms with van der Waals surface area (Å²) in [5, 5.41) is 3.47. The van der Waals surface area contributed by atoms with Crippen LogP contribution in [0.4, 0.5) is 5.95 Å². The second-order valence-electron chi connectivity index (χ2n) is 5.21. The number of anilines is 1. The summed E-state index contributed by atoms with van der Waals surface area (Å²) in [6.45, 7) is 11.3. The summed E-state index contributed by atoms with van der Waals surface area (Å²) in [5.41, 5.74) is 1.09. The van der Waals surface area contributed by atoms with Crippen LogP contribution in [-0.2, 0) is 6.54 Å². The number of aryl methyl sites for hydroxylation is 1. The largest absolute Gasteiger partial charge is 0.342 e. The molecule has 2 saturated heterocycles. The van der Waals surface area contributed by atoms with E-state index in [1.807, 2.05) is 6.08 Å². The molecule has 2 aliphatic heterocycles. The first kappa shape index (κ1) is 10.8. The molecule has 2 atom stereocenters. The van der Waals surface area contributed by atoms with Crippen molar-refractivity contribution in [2.45, 2.75) is 13.5 Å². The normalized spacial score (nSPS) is 27.5. The van der Waals surface area contributed by atoms with E-state index in [2.05, 4.69) is 39.5 Å². The molecule has 1 aromatic rings. The molecule has 17 heavy (non-hydrogen) atoms. The summed E-state index contributed by atoms with van der Waals surface area (Å²) in [5.74, 6) is 2.74. The van der Waals surface area contributed by atoms with Gasteiger partial charge in [-0.25, -0.2) is 4.98 Å². The van der Waals surface area contributed by atoms with Crippen LogP contribution in [0.2, 0.25) is 0 Å². The number of hydrogen-bond donors (Lipinski definition) is 1. The lowest BCUT2D eigenvalue weighted by Crippen LogP contribution is -2.27. The lowest BCUT2D eigenvalue weighted by molar-refractivity contribution is 0.533. The van der Waals surface area contributed by atoms with Crippen molar-refractivity contribution in [3.05, 3.63) is 24.5 Å². The second-order valence-corrected chi connectivity index (χ2v) is 5.21. The van der Waals surface area contributed by atoms with E-state index in [0.717, 1.165) is 43.1 Å². The van der Waals surface area contributed by atoms with Crippen molar-refractivity contribution in [2.24, 2.45) is 11.8 Å². The van der Waals surface area contributed by atoms with Gasteiger partial charge in [0.15, 0.2) is 0 Å². The molecular formula is C13H20N4. The number of nitrogens with one attached hydrogen (secondary N) is 1. The van der Waals surface area contributed by atoms with Gasteiger partial charge in [0.1, 0.15) is 0 Å². The van der Waals surface area contributed by atoms with Crippen molar-refractivity contribution in [1.82, 2.24) is 14.9 Å². The van der Waals surface area contributed by atoms with Crippen LogP contribution in [0.3, 0.4) is 0 Å². The first-order valence-electron chi connectivity index (χ1n) is 6.38. The van der Waals surface area contributed by atoms with Crippen LogP contribution in [0.1, 0.15) is 5.69 Å².